The first-order valence-corrected chi connectivity index (χ1v) is 9.58. The number of hydrogen-bond donors (Lipinski definition) is 3. The third kappa shape index (κ3) is 5.25. The predicted molar refractivity (Wildman–Crippen MR) is 101 cm³/mol. The van der Waals surface area contributed by atoms with Crippen LogP contribution in [0.4, 0.5) is 5.95 Å². The van der Waals surface area contributed by atoms with Crippen LogP contribution in [0.5, 0.6) is 0 Å². The Morgan fingerprint density at radius 1 is 1.35 bits per heavy atom. The highest BCUT2D eigenvalue weighted by Crippen LogP contribution is 2.26. The minimum absolute atomic E-state index is 0.388. The van der Waals surface area contributed by atoms with Gasteiger partial charge in [-0.1, -0.05) is 19.3 Å². The van der Waals surface area contributed by atoms with E-state index < -0.39 is 5.91 Å². The molecule has 0 spiro atoms. The van der Waals surface area contributed by atoms with Gasteiger partial charge >= 0.3 is 0 Å². The molecule has 0 bridgehead atoms. The zero-order valence-electron chi connectivity index (χ0n) is 15.4. The van der Waals surface area contributed by atoms with Crippen LogP contribution in [-0.2, 0) is 4.79 Å². The minimum atomic E-state index is -0.574. The number of amides is 1. The molecule has 142 valence electrons. The predicted octanol–water partition coefficient (Wildman–Crippen LogP) is 2.37. The fraction of sp³-hybridized carbons (Fsp3) is 0.632. The van der Waals surface area contributed by atoms with Gasteiger partial charge in [0, 0.05) is 43.5 Å². The molecular weight excluding hydrogens is 330 g/mol. The monoisotopic (exact) mass is 359 g/mol. The zero-order chi connectivity index (χ0) is 18.4. The second kappa shape index (κ2) is 9.09. The SMILES string of the molecule is Cc1nc(N[C@@H]2CCN(CC3CCCCC3)C2)ncc1C=CC(=O)NO. The third-order valence-corrected chi connectivity index (χ3v) is 5.39. The summed E-state index contributed by atoms with van der Waals surface area (Å²) in [6, 6.07) is 0.388. The summed E-state index contributed by atoms with van der Waals surface area (Å²) in [4.78, 5) is 22.5. The Kier molecular flexibility index (Phi) is 6.57. The van der Waals surface area contributed by atoms with Gasteiger partial charge in [0.2, 0.25) is 5.95 Å². The van der Waals surface area contributed by atoms with Crippen LogP contribution in [0.1, 0.15) is 49.8 Å². The van der Waals surface area contributed by atoms with Crippen LogP contribution in [0.25, 0.3) is 6.08 Å². The molecule has 7 heteroatoms. The van der Waals surface area contributed by atoms with Crippen LogP contribution in [0, 0.1) is 12.8 Å². The molecule has 7 nitrogen and oxygen atoms in total. The molecule has 1 aliphatic carbocycles. The van der Waals surface area contributed by atoms with Crippen molar-refractivity contribution in [2.75, 3.05) is 25.0 Å². The van der Waals surface area contributed by atoms with Gasteiger partial charge in [0.25, 0.3) is 5.91 Å². The first-order chi connectivity index (χ1) is 12.6. The summed E-state index contributed by atoms with van der Waals surface area (Å²) >= 11 is 0. The van der Waals surface area contributed by atoms with Crippen molar-refractivity contribution in [1.82, 2.24) is 20.3 Å². The van der Waals surface area contributed by atoms with Gasteiger partial charge in [0.1, 0.15) is 0 Å². The van der Waals surface area contributed by atoms with Gasteiger partial charge < -0.3 is 10.2 Å². The molecular formula is C19H29N5O2. The molecule has 1 saturated heterocycles. The van der Waals surface area contributed by atoms with Crippen molar-refractivity contribution in [2.24, 2.45) is 5.92 Å². The molecule has 1 saturated carbocycles. The number of carbonyl (C=O) groups is 1. The first kappa shape index (κ1) is 18.8. The summed E-state index contributed by atoms with van der Waals surface area (Å²) in [6.07, 6.45) is 12.6. The van der Waals surface area contributed by atoms with Crippen LogP contribution < -0.4 is 10.8 Å². The molecule has 1 amide bonds. The Bertz CT molecular complexity index is 643. The highest BCUT2D eigenvalue weighted by atomic mass is 16.5. The number of aryl methyl sites for hydroxylation is 1. The standard InChI is InChI=1S/C19H29N5O2/c1-14-16(7-8-18(25)23-26)11-20-19(21-14)22-17-9-10-24(13-17)12-15-5-3-2-4-6-15/h7-8,11,15,17,26H,2-6,9-10,12-13H2,1H3,(H,23,25)(H,20,21,22)/t17-/m1/s1. The van der Waals surface area contributed by atoms with Crippen molar-refractivity contribution < 1.29 is 10.0 Å². The fourth-order valence-electron chi connectivity index (χ4n) is 3.95. The van der Waals surface area contributed by atoms with Crippen LogP contribution in [0.2, 0.25) is 0 Å². The molecule has 0 unspecified atom stereocenters. The minimum Gasteiger partial charge on any atom is -0.350 e. The molecule has 3 rings (SSSR count). The van der Waals surface area contributed by atoms with E-state index in [0.717, 1.165) is 36.7 Å². The Hall–Kier alpha value is -1.99. The fourth-order valence-corrected chi connectivity index (χ4v) is 3.95. The van der Waals surface area contributed by atoms with Gasteiger partial charge in [0.15, 0.2) is 0 Å². The maximum absolute atomic E-state index is 11.1. The maximum atomic E-state index is 11.1. The summed E-state index contributed by atoms with van der Waals surface area (Å²) < 4.78 is 0. The molecule has 1 aromatic rings. The number of nitrogens with one attached hydrogen (secondary N) is 2. The van der Waals surface area contributed by atoms with Crippen molar-refractivity contribution in [3.05, 3.63) is 23.5 Å². The number of hydrogen-bond acceptors (Lipinski definition) is 6. The number of rotatable bonds is 6. The summed E-state index contributed by atoms with van der Waals surface area (Å²) in [6.45, 7) is 5.31. The van der Waals surface area contributed by atoms with Crippen molar-refractivity contribution in [3.8, 4) is 0 Å². The Morgan fingerprint density at radius 3 is 2.88 bits per heavy atom. The lowest BCUT2D eigenvalue weighted by atomic mass is 9.89. The normalized spacial score (nSPS) is 22.0. The second-order valence-electron chi connectivity index (χ2n) is 7.44. The Morgan fingerprint density at radius 2 is 2.15 bits per heavy atom. The zero-order valence-corrected chi connectivity index (χ0v) is 15.4. The van der Waals surface area contributed by atoms with Crippen LogP contribution >= 0.6 is 0 Å². The van der Waals surface area contributed by atoms with Crippen LogP contribution in [0.15, 0.2) is 12.3 Å². The van der Waals surface area contributed by atoms with Crippen molar-refractivity contribution >= 4 is 17.9 Å². The van der Waals surface area contributed by atoms with E-state index in [9.17, 15) is 4.79 Å². The van der Waals surface area contributed by atoms with E-state index in [1.54, 1.807) is 17.8 Å². The maximum Gasteiger partial charge on any atom is 0.267 e. The molecule has 1 aliphatic heterocycles. The lowest BCUT2D eigenvalue weighted by molar-refractivity contribution is -0.124. The molecule has 1 atom stereocenters. The number of likely N-dealkylation sites (tertiary alicyclic amines) is 1. The van der Waals surface area contributed by atoms with Gasteiger partial charge in [0.05, 0.1) is 5.69 Å². The second-order valence-corrected chi connectivity index (χ2v) is 7.44. The molecule has 0 aromatic carbocycles. The van der Waals surface area contributed by atoms with Gasteiger partial charge in [-0.3, -0.25) is 10.0 Å². The molecule has 0 radical (unpaired) electrons. The van der Waals surface area contributed by atoms with Crippen LogP contribution in [0.3, 0.4) is 0 Å². The summed E-state index contributed by atoms with van der Waals surface area (Å²) in [7, 11) is 0. The lowest BCUT2D eigenvalue weighted by Gasteiger charge is -2.26. The van der Waals surface area contributed by atoms with Gasteiger partial charge in [-0.2, -0.15) is 0 Å². The highest BCUT2D eigenvalue weighted by Gasteiger charge is 2.25. The van der Waals surface area contributed by atoms with E-state index in [1.165, 1.54) is 44.7 Å². The number of anilines is 1. The Balaban J connectivity index is 1.50. The Labute approximate surface area is 154 Å². The average molecular weight is 359 g/mol. The first-order valence-electron chi connectivity index (χ1n) is 9.58. The largest absolute Gasteiger partial charge is 0.350 e. The molecule has 2 aliphatic rings. The number of nitrogens with zero attached hydrogens (tertiary/aromatic N) is 3. The summed E-state index contributed by atoms with van der Waals surface area (Å²) in [5.41, 5.74) is 3.11. The summed E-state index contributed by atoms with van der Waals surface area (Å²) in [5.74, 6) is 0.939. The van der Waals surface area contributed by atoms with E-state index >= 15 is 0 Å². The van der Waals surface area contributed by atoms with Gasteiger partial charge in [-0.05, 0) is 38.2 Å². The van der Waals surface area contributed by atoms with Crippen molar-refractivity contribution in [1.29, 1.82) is 0 Å². The van der Waals surface area contributed by atoms with E-state index in [1.807, 2.05) is 6.92 Å². The van der Waals surface area contributed by atoms with E-state index in [-0.39, 0.29) is 0 Å². The lowest BCUT2D eigenvalue weighted by Crippen LogP contribution is -2.31. The van der Waals surface area contributed by atoms with Crippen molar-refractivity contribution in [3.63, 3.8) is 0 Å². The smallest absolute Gasteiger partial charge is 0.267 e. The third-order valence-electron chi connectivity index (χ3n) is 5.39. The molecule has 26 heavy (non-hydrogen) atoms. The van der Waals surface area contributed by atoms with E-state index in [4.69, 9.17) is 5.21 Å². The number of carbonyl (C=O) groups excluding carboxylic acids is 1. The molecule has 3 N–H and O–H groups in total. The van der Waals surface area contributed by atoms with Crippen molar-refractivity contribution in [2.45, 2.75) is 51.5 Å². The molecule has 2 heterocycles. The molecule has 2 fully saturated rings. The van der Waals surface area contributed by atoms with E-state index in [0.29, 0.717) is 12.0 Å². The molecule has 1 aromatic heterocycles. The van der Waals surface area contributed by atoms with Gasteiger partial charge in [-0.25, -0.2) is 15.4 Å². The topological polar surface area (TPSA) is 90.4 Å². The highest BCUT2D eigenvalue weighted by molar-refractivity contribution is 5.90. The van der Waals surface area contributed by atoms with Gasteiger partial charge in [-0.15, -0.1) is 0 Å². The average Bonchev–Trinajstić information content (AvgIpc) is 3.08. The quantitative estimate of drug-likeness (QED) is 0.410. The number of hydroxylamine groups is 1. The summed E-state index contributed by atoms with van der Waals surface area (Å²) in [5, 5.41) is 12.0. The van der Waals surface area contributed by atoms with E-state index in [2.05, 4.69) is 20.2 Å². The van der Waals surface area contributed by atoms with Crippen LogP contribution in [-0.4, -0.2) is 51.7 Å². The number of aromatic nitrogens is 2.